The lowest BCUT2D eigenvalue weighted by Crippen LogP contribution is -2.44. The maximum atomic E-state index is 13.0. The Hall–Kier alpha value is -2.46. The Balaban J connectivity index is 1.47. The van der Waals surface area contributed by atoms with E-state index in [-0.39, 0.29) is 24.3 Å². The molecule has 2 saturated heterocycles. The number of carbonyl (C=O) groups excluding carboxylic acids is 2. The lowest BCUT2D eigenvalue weighted by Gasteiger charge is -2.32. The highest BCUT2D eigenvalue weighted by Gasteiger charge is 2.35. The molecule has 0 bridgehead atoms. The summed E-state index contributed by atoms with van der Waals surface area (Å²) in [5.41, 5.74) is 2.89. The minimum Gasteiger partial charge on any atom is -0.327 e. The average Bonchev–Trinajstić information content (AvgIpc) is 3.09. The third kappa shape index (κ3) is 4.11. The van der Waals surface area contributed by atoms with Gasteiger partial charge in [0, 0.05) is 18.5 Å². The second-order valence-electron chi connectivity index (χ2n) is 7.63. The number of nitrogens with zero attached hydrogens (tertiary/aromatic N) is 2. The zero-order valence-electron chi connectivity index (χ0n) is 15.6. The molecule has 4 nitrogen and oxygen atoms in total. The van der Waals surface area contributed by atoms with E-state index >= 15 is 0 Å². The number of hydrogen-bond donors (Lipinski definition) is 0. The van der Waals surface area contributed by atoms with Crippen molar-refractivity contribution in [1.82, 2.24) is 9.80 Å². The van der Waals surface area contributed by atoms with Gasteiger partial charge in [-0.1, -0.05) is 48.9 Å². The smallest absolute Gasteiger partial charge is 0.254 e. The number of ketones is 1. The average molecular weight is 362 g/mol. The molecule has 1 amide bonds. The van der Waals surface area contributed by atoms with Crippen LogP contribution in [0.5, 0.6) is 0 Å². The van der Waals surface area contributed by atoms with E-state index in [1.807, 2.05) is 42.5 Å². The fourth-order valence-electron chi connectivity index (χ4n) is 4.20. The summed E-state index contributed by atoms with van der Waals surface area (Å²) in [6.45, 7) is 3.23. The molecule has 0 N–H and O–H groups in total. The lowest BCUT2D eigenvalue weighted by molar-refractivity contribution is -0.116. The quantitative estimate of drug-likeness (QED) is 0.834. The number of amides is 1. The van der Waals surface area contributed by atoms with Gasteiger partial charge in [0.1, 0.15) is 0 Å². The van der Waals surface area contributed by atoms with Crippen molar-refractivity contribution in [3.05, 3.63) is 60.2 Å². The fourth-order valence-corrected chi connectivity index (χ4v) is 4.20. The molecule has 1 atom stereocenters. The minimum atomic E-state index is -0.0255. The van der Waals surface area contributed by atoms with Gasteiger partial charge in [0.05, 0.1) is 12.6 Å². The Labute approximate surface area is 160 Å². The van der Waals surface area contributed by atoms with Gasteiger partial charge in [0.2, 0.25) is 0 Å². The van der Waals surface area contributed by atoms with Crippen LogP contribution in [0.3, 0.4) is 0 Å². The summed E-state index contributed by atoms with van der Waals surface area (Å²) in [6, 6.07) is 17.9. The molecule has 4 heteroatoms. The first-order chi connectivity index (χ1) is 13.2. The second kappa shape index (κ2) is 8.05. The minimum absolute atomic E-state index is 0.0110. The molecule has 2 heterocycles. The van der Waals surface area contributed by atoms with Gasteiger partial charge >= 0.3 is 0 Å². The second-order valence-corrected chi connectivity index (χ2v) is 7.63. The molecule has 0 spiro atoms. The van der Waals surface area contributed by atoms with Crippen LogP contribution in [-0.4, -0.2) is 53.7 Å². The van der Waals surface area contributed by atoms with Crippen molar-refractivity contribution in [3.63, 3.8) is 0 Å². The van der Waals surface area contributed by atoms with Gasteiger partial charge in [-0.15, -0.1) is 0 Å². The largest absolute Gasteiger partial charge is 0.327 e. The summed E-state index contributed by atoms with van der Waals surface area (Å²) in [5, 5.41) is 0. The number of carbonyl (C=O) groups is 2. The summed E-state index contributed by atoms with van der Waals surface area (Å²) >= 11 is 0. The molecule has 4 rings (SSSR count). The maximum Gasteiger partial charge on any atom is 0.254 e. The van der Waals surface area contributed by atoms with Crippen molar-refractivity contribution in [3.8, 4) is 11.1 Å². The number of piperidine rings is 1. The number of hydrogen-bond acceptors (Lipinski definition) is 3. The van der Waals surface area contributed by atoms with Crippen molar-refractivity contribution in [1.29, 1.82) is 0 Å². The summed E-state index contributed by atoms with van der Waals surface area (Å²) in [7, 11) is 0. The standard InChI is InChI=1S/C23H26N2O2/c26-22-15-21(16-24-13-5-2-6-14-24)25(17-22)23(27)20-11-9-19(10-12-20)18-7-3-1-4-8-18/h1,3-4,7-12,21H,2,5-6,13-17H2. The van der Waals surface area contributed by atoms with Crippen molar-refractivity contribution >= 4 is 11.7 Å². The van der Waals surface area contributed by atoms with Gasteiger partial charge in [0.25, 0.3) is 5.91 Å². The van der Waals surface area contributed by atoms with Gasteiger partial charge < -0.3 is 9.80 Å². The van der Waals surface area contributed by atoms with Crippen LogP contribution in [-0.2, 0) is 4.79 Å². The molecule has 2 aliphatic heterocycles. The fraction of sp³-hybridized carbons (Fsp3) is 0.391. The number of likely N-dealkylation sites (tertiary alicyclic amines) is 2. The van der Waals surface area contributed by atoms with Crippen molar-refractivity contribution in [2.75, 3.05) is 26.2 Å². The van der Waals surface area contributed by atoms with E-state index < -0.39 is 0 Å². The van der Waals surface area contributed by atoms with Gasteiger partial charge in [0.15, 0.2) is 5.78 Å². The molecule has 0 aromatic heterocycles. The summed E-state index contributed by atoms with van der Waals surface area (Å²) in [4.78, 5) is 29.3. The van der Waals surface area contributed by atoms with Crippen LogP contribution in [0, 0.1) is 0 Å². The first-order valence-corrected chi connectivity index (χ1v) is 9.91. The Morgan fingerprint density at radius 1 is 0.889 bits per heavy atom. The monoisotopic (exact) mass is 362 g/mol. The van der Waals surface area contributed by atoms with Crippen LogP contribution < -0.4 is 0 Å². The first-order valence-electron chi connectivity index (χ1n) is 9.91. The summed E-state index contributed by atoms with van der Waals surface area (Å²) in [6.07, 6.45) is 4.21. The molecular formula is C23H26N2O2. The highest BCUT2D eigenvalue weighted by Crippen LogP contribution is 2.23. The predicted molar refractivity (Wildman–Crippen MR) is 107 cm³/mol. The Morgan fingerprint density at radius 3 is 2.26 bits per heavy atom. The zero-order valence-corrected chi connectivity index (χ0v) is 15.6. The summed E-state index contributed by atoms with van der Waals surface area (Å²) in [5.74, 6) is 0.147. The van der Waals surface area contributed by atoms with E-state index in [0.29, 0.717) is 12.0 Å². The lowest BCUT2D eigenvalue weighted by atomic mass is 10.0. The topological polar surface area (TPSA) is 40.6 Å². The molecule has 140 valence electrons. The number of Topliss-reactive ketones (excluding diaryl/α,β-unsaturated/α-hetero) is 1. The predicted octanol–water partition coefficient (Wildman–Crippen LogP) is 3.62. The van der Waals surface area contributed by atoms with E-state index in [4.69, 9.17) is 0 Å². The molecule has 2 fully saturated rings. The highest BCUT2D eigenvalue weighted by atomic mass is 16.2. The first kappa shape index (κ1) is 17.9. The van der Waals surface area contributed by atoms with Crippen LogP contribution in [0.15, 0.2) is 54.6 Å². The Kier molecular flexibility index (Phi) is 5.35. The molecule has 2 aromatic carbocycles. The molecule has 0 saturated carbocycles. The van der Waals surface area contributed by atoms with E-state index in [1.165, 1.54) is 19.3 Å². The van der Waals surface area contributed by atoms with E-state index in [2.05, 4.69) is 17.0 Å². The Morgan fingerprint density at radius 2 is 1.56 bits per heavy atom. The van der Waals surface area contributed by atoms with Crippen LogP contribution in [0.4, 0.5) is 0 Å². The number of benzene rings is 2. The van der Waals surface area contributed by atoms with Gasteiger partial charge in [-0.05, 0) is 49.2 Å². The van der Waals surface area contributed by atoms with Gasteiger partial charge in [-0.2, -0.15) is 0 Å². The van der Waals surface area contributed by atoms with Crippen LogP contribution in [0.1, 0.15) is 36.0 Å². The van der Waals surface area contributed by atoms with E-state index in [0.717, 1.165) is 30.8 Å². The highest BCUT2D eigenvalue weighted by molar-refractivity contribution is 5.99. The molecule has 0 aliphatic carbocycles. The van der Waals surface area contributed by atoms with Crippen LogP contribution in [0.25, 0.3) is 11.1 Å². The third-order valence-electron chi connectivity index (χ3n) is 5.67. The van der Waals surface area contributed by atoms with Gasteiger partial charge in [-0.25, -0.2) is 0 Å². The zero-order chi connectivity index (χ0) is 18.6. The maximum absolute atomic E-state index is 13.0. The normalized spacial score (nSPS) is 20.8. The molecule has 2 aliphatic rings. The number of rotatable bonds is 4. The van der Waals surface area contributed by atoms with Crippen molar-refractivity contribution in [2.45, 2.75) is 31.7 Å². The van der Waals surface area contributed by atoms with Gasteiger partial charge in [-0.3, -0.25) is 9.59 Å². The van der Waals surface area contributed by atoms with Crippen molar-refractivity contribution in [2.24, 2.45) is 0 Å². The Bertz CT molecular complexity index is 795. The third-order valence-corrected chi connectivity index (χ3v) is 5.67. The molecule has 2 aromatic rings. The van der Waals surface area contributed by atoms with E-state index in [9.17, 15) is 9.59 Å². The molecular weight excluding hydrogens is 336 g/mol. The molecule has 1 unspecified atom stereocenters. The SMILES string of the molecule is O=C1CC(CN2CCCCC2)N(C(=O)c2ccc(-c3ccccc3)cc2)C1. The van der Waals surface area contributed by atoms with Crippen LogP contribution >= 0.6 is 0 Å². The molecule has 0 radical (unpaired) electrons. The van der Waals surface area contributed by atoms with E-state index in [1.54, 1.807) is 4.90 Å². The summed E-state index contributed by atoms with van der Waals surface area (Å²) < 4.78 is 0. The van der Waals surface area contributed by atoms with Crippen LogP contribution in [0.2, 0.25) is 0 Å². The van der Waals surface area contributed by atoms with Crippen molar-refractivity contribution < 1.29 is 9.59 Å². The molecule has 27 heavy (non-hydrogen) atoms.